The first-order valence-corrected chi connectivity index (χ1v) is 10.4. The molecule has 0 aliphatic carbocycles. The van der Waals surface area contributed by atoms with Crippen LogP contribution in [0.15, 0.2) is 12.4 Å². The van der Waals surface area contributed by atoms with Gasteiger partial charge in [0.1, 0.15) is 5.82 Å². The fourth-order valence-corrected chi connectivity index (χ4v) is 6.31. The minimum atomic E-state index is 0.538. The van der Waals surface area contributed by atoms with Crippen molar-refractivity contribution in [3.63, 3.8) is 0 Å². The van der Waals surface area contributed by atoms with E-state index in [4.69, 9.17) is 0 Å². The molecule has 5 heteroatoms. The standard InChI is InChI=1S/C16H29N3S2/c1-4-8-19-9-7-18-15(19)12-13(17-6-3)16-14(5-2)20-10-11-21-16/h7,9,13-14,16-17H,4-6,8,10-12H2,1-3H3. The lowest BCUT2D eigenvalue weighted by Crippen LogP contribution is -2.46. The van der Waals surface area contributed by atoms with Crippen molar-refractivity contribution < 1.29 is 0 Å². The second kappa shape index (κ2) is 9.11. The predicted octanol–water partition coefficient (Wildman–Crippen LogP) is 3.44. The molecule has 2 rings (SSSR count). The maximum absolute atomic E-state index is 4.61. The molecule has 1 aliphatic heterocycles. The number of hydrogen-bond acceptors (Lipinski definition) is 4. The van der Waals surface area contributed by atoms with E-state index in [1.165, 1.54) is 30.2 Å². The fourth-order valence-electron chi connectivity index (χ4n) is 3.05. The first-order chi connectivity index (χ1) is 10.3. The summed E-state index contributed by atoms with van der Waals surface area (Å²) in [4.78, 5) is 4.61. The molecule has 3 unspecified atom stereocenters. The normalized spacial score (nSPS) is 24.1. The van der Waals surface area contributed by atoms with Crippen LogP contribution in [0.25, 0.3) is 0 Å². The number of nitrogens with zero attached hydrogens (tertiary/aromatic N) is 2. The lowest BCUT2D eigenvalue weighted by atomic mass is 10.0. The van der Waals surface area contributed by atoms with Gasteiger partial charge in [0.25, 0.3) is 0 Å². The van der Waals surface area contributed by atoms with Gasteiger partial charge >= 0.3 is 0 Å². The summed E-state index contributed by atoms with van der Waals surface area (Å²) in [5.74, 6) is 3.84. The summed E-state index contributed by atoms with van der Waals surface area (Å²) in [5.41, 5.74) is 0. The van der Waals surface area contributed by atoms with Crippen LogP contribution >= 0.6 is 23.5 Å². The summed E-state index contributed by atoms with van der Waals surface area (Å²) < 4.78 is 2.33. The highest BCUT2D eigenvalue weighted by Gasteiger charge is 2.32. The van der Waals surface area contributed by atoms with Gasteiger partial charge in [0.15, 0.2) is 0 Å². The number of rotatable bonds is 8. The third-order valence-corrected chi connectivity index (χ3v) is 7.43. The van der Waals surface area contributed by atoms with Crippen molar-refractivity contribution in [3.05, 3.63) is 18.2 Å². The van der Waals surface area contributed by atoms with Crippen molar-refractivity contribution in [2.75, 3.05) is 18.1 Å². The van der Waals surface area contributed by atoms with E-state index < -0.39 is 0 Å². The van der Waals surface area contributed by atoms with Crippen molar-refractivity contribution in [1.82, 2.24) is 14.9 Å². The number of aryl methyl sites for hydroxylation is 1. The molecule has 1 aromatic heterocycles. The Morgan fingerprint density at radius 1 is 1.33 bits per heavy atom. The van der Waals surface area contributed by atoms with Crippen LogP contribution in [0, 0.1) is 0 Å². The largest absolute Gasteiger partial charge is 0.335 e. The first-order valence-electron chi connectivity index (χ1n) is 8.26. The molecule has 3 atom stereocenters. The van der Waals surface area contributed by atoms with Gasteiger partial charge in [-0.2, -0.15) is 23.5 Å². The number of nitrogens with one attached hydrogen (secondary N) is 1. The summed E-state index contributed by atoms with van der Waals surface area (Å²) in [5, 5.41) is 5.23. The van der Waals surface area contributed by atoms with Crippen LogP contribution in [-0.4, -0.2) is 44.1 Å². The molecule has 3 nitrogen and oxygen atoms in total. The van der Waals surface area contributed by atoms with E-state index in [0.717, 1.165) is 24.8 Å². The van der Waals surface area contributed by atoms with Crippen LogP contribution in [0.5, 0.6) is 0 Å². The van der Waals surface area contributed by atoms with Crippen molar-refractivity contribution >= 4 is 23.5 Å². The third-order valence-electron chi connectivity index (χ3n) is 4.03. The van der Waals surface area contributed by atoms with E-state index in [-0.39, 0.29) is 0 Å². The maximum atomic E-state index is 4.61. The molecule has 1 saturated heterocycles. The van der Waals surface area contributed by atoms with E-state index in [9.17, 15) is 0 Å². The molecule has 0 aromatic carbocycles. The predicted molar refractivity (Wildman–Crippen MR) is 96.5 cm³/mol. The molecule has 0 saturated carbocycles. The average Bonchev–Trinajstić information content (AvgIpc) is 2.94. The van der Waals surface area contributed by atoms with E-state index in [0.29, 0.717) is 11.3 Å². The zero-order chi connectivity index (χ0) is 15.1. The molecule has 0 spiro atoms. The monoisotopic (exact) mass is 327 g/mol. The molecule has 0 radical (unpaired) electrons. The highest BCUT2D eigenvalue weighted by molar-refractivity contribution is 8.07. The summed E-state index contributed by atoms with van der Waals surface area (Å²) in [6.45, 7) is 8.90. The second-order valence-corrected chi connectivity index (χ2v) is 8.19. The highest BCUT2D eigenvalue weighted by Crippen LogP contribution is 2.35. The second-order valence-electron chi connectivity index (χ2n) is 5.56. The van der Waals surface area contributed by atoms with Crippen LogP contribution in [-0.2, 0) is 13.0 Å². The van der Waals surface area contributed by atoms with Crippen LogP contribution < -0.4 is 5.32 Å². The van der Waals surface area contributed by atoms with Crippen LogP contribution in [0.4, 0.5) is 0 Å². The van der Waals surface area contributed by atoms with Gasteiger partial charge in [-0.05, 0) is 19.4 Å². The van der Waals surface area contributed by atoms with Gasteiger partial charge in [0, 0.05) is 53.4 Å². The molecular formula is C16H29N3S2. The zero-order valence-corrected chi connectivity index (χ0v) is 15.2. The van der Waals surface area contributed by atoms with E-state index in [1.54, 1.807) is 0 Å². The minimum Gasteiger partial charge on any atom is -0.335 e. The molecule has 1 fully saturated rings. The van der Waals surface area contributed by atoms with Gasteiger partial charge in [-0.1, -0.05) is 20.8 Å². The van der Waals surface area contributed by atoms with Gasteiger partial charge in [0.2, 0.25) is 0 Å². The molecule has 0 bridgehead atoms. The SMILES string of the molecule is CCCn1ccnc1CC(NCC)C1SCCSC1CC. The maximum Gasteiger partial charge on any atom is 0.110 e. The van der Waals surface area contributed by atoms with E-state index in [2.05, 4.69) is 65.4 Å². The summed E-state index contributed by atoms with van der Waals surface area (Å²) in [7, 11) is 0. The topological polar surface area (TPSA) is 29.9 Å². The molecule has 0 amide bonds. The summed E-state index contributed by atoms with van der Waals surface area (Å²) in [6.07, 6.45) is 7.57. The number of imidazole rings is 1. The Labute approximate surface area is 138 Å². The van der Waals surface area contributed by atoms with Gasteiger partial charge < -0.3 is 9.88 Å². The molecular weight excluding hydrogens is 298 g/mol. The lowest BCUT2D eigenvalue weighted by molar-refractivity contribution is 0.470. The Kier molecular flexibility index (Phi) is 7.47. The van der Waals surface area contributed by atoms with Crippen molar-refractivity contribution in [2.24, 2.45) is 0 Å². The number of hydrogen-bond donors (Lipinski definition) is 1. The highest BCUT2D eigenvalue weighted by atomic mass is 32.2. The Hall–Kier alpha value is -0.130. The number of thioether (sulfide) groups is 2. The Morgan fingerprint density at radius 2 is 2.14 bits per heavy atom. The number of likely N-dealkylation sites (N-methyl/N-ethyl adjacent to an activating group) is 1. The molecule has 120 valence electrons. The van der Waals surface area contributed by atoms with Crippen molar-refractivity contribution in [1.29, 1.82) is 0 Å². The van der Waals surface area contributed by atoms with Gasteiger partial charge in [0.05, 0.1) is 0 Å². The van der Waals surface area contributed by atoms with Crippen molar-refractivity contribution in [3.8, 4) is 0 Å². The minimum absolute atomic E-state index is 0.538. The van der Waals surface area contributed by atoms with Gasteiger partial charge in [-0.25, -0.2) is 4.98 Å². The van der Waals surface area contributed by atoms with E-state index in [1.807, 2.05) is 6.20 Å². The van der Waals surface area contributed by atoms with Crippen molar-refractivity contribution in [2.45, 2.75) is 63.1 Å². The van der Waals surface area contributed by atoms with Crippen LogP contribution in [0.2, 0.25) is 0 Å². The first kappa shape index (κ1) is 17.2. The molecule has 1 aliphatic rings. The average molecular weight is 328 g/mol. The molecule has 1 aromatic rings. The Balaban J connectivity index is 2.08. The Morgan fingerprint density at radius 3 is 2.86 bits per heavy atom. The van der Waals surface area contributed by atoms with Crippen LogP contribution in [0.1, 0.15) is 39.4 Å². The Bertz CT molecular complexity index is 408. The van der Waals surface area contributed by atoms with Gasteiger partial charge in [-0.3, -0.25) is 0 Å². The zero-order valence-electron chi connectivity index (χ0n) is 13.5. The van der Waals surface area contributed by atoms with Crippen LogP contribution in [0.3, 0.4) is 0 Å². The van der Waals surface area contributed by atoms with Gasteiger partial charge in [-0.15, -0.1) is 0 Å². The number of aromatic nitrogens is 2. The molecule has 2 heterocycles. The third kappa shape index (κ3) is 4.67. The van der Waals surface area contributed by atoms with E-state index >= 15 is 0 Å². The summed E-state index contributed by atoms with van der Waals surface area (Å²) >= 11 is 4.33. The lowest BCUT2D eigenvalue weighted by Gasteiger charge is -2.36. The molecule has 21 heavy (non-hydrogen) atoms. The summed E-state index contributed by atoms with van der Waals surface area (Å²) in [6, 6.07) is 0.538. The quantitative estimate of drug-likeness (QED) is 0.792. The fraction of sp³-hybridized carbons (Fsp3) is 0.812. The molecule has 1 N–H and O–H groups in total. The smallest absolute Gasteiger partial charge is 0.110 e.